The van der Waals surface area contributed by atoms with Gasteiger partial charge in [0.05, 0.1) is 11.4 Å². The van der Waals surface area contributed by atoms with E-state index in [1.165, 1.54) is 50.9 Å². The highest BCUT2D eigenvalue weighted by atomic mass is 35.5. The first-order valence-corrected chi connectivity index (χ1v) is 9.49. The average molecular weight is 356 g/mol. The summed E-state index contributed by atoms with van der Waals surface area (Å²) in [6.45, 7) is 7.45. The lowest BCUT2D eigenvalue weighted by Crippen LogP contribution is -3.56. The van der Waals surface area contributed by atoms with E-state index in [4.69, 9.17) is 16.6 Å². The van der Waals surface area contributed by atoms with E-state index >= 15 is 0 Å². The molecule has 4 nitrogen and oxygen atoms in total. The molecule has 4 aliphatic heterocycles. The summed E-state index contributed by atoms with van der Waals surface area (Å²) < 4.78 is 0. The second kappa shape index (κ2) is 5.92. The number of hydrogen-bond donors (Lipinski definition) is 3. The fourth-order valence-electron chi connectivity index (χ4n) is 5.23. The molecule has 0 saturated carbocycles. The van der Waals surface area contributed by atoms with Crippen molar-refractivity contribution in [3.8, 4) is 0 Å². The monoisotopic (exact) mass is 355 g/mol. The number of rotatable bonds is 3. The van der Waals surface area contributed by atoms with Crippen molar-refractivity contribution < 1.29 is 14.7 Å². The highest BCUT2D eigenvalue weighted by Gasteiger charge is 2.60. The summed E-state index contributed by atoms with van der Waals surface area (Å²) in [5, 5.41) is 0.761. The Hall–Kier alpha value is -1.72. The third-order valence-electron chi connectivity index (χ3n) is 5.88. The molecule has 4 aliphatic rings. The first kappa shape index (κ1) is 15.5. The van der Waals surface area contributed by atoms with Gasteiger partial charge in [-0.05, 0) is 29.8 Å². The van der Waals surface area contributed by atoms with E-state index in [0.29, 0.717) is 0 Å². The summed E-state index contributed by atoms with van der Waals surface area (Å²) in [7, 11) is 0. The van der Waals surface area contributed by atoms with Gasteiger partial charge >= 0.3 is 0 Å². The van der Waals surface area contributed by atoms with Crippen LogP contribution in [0, 0.1) is 5.41 Å². The molecule has 0 aliphatic carbocycles. The van der Waals surface area contributed by atoms with Crippen molar-refractivity contribution in [1.82, 2.24) is 0 Å². The number of benzene rings is 2. The van der Waals surface area contributed by atoms with Gasteiger partial charge in [-0.3, -0.25) is 4.99 Å². The minimum atomic E-state index is 0.176. The molecule has 0 aromatic heterocycles. The molecule has 25 heavy (non-hydrogen) atoms. The number of nitrogens with zero attached hydrogens (tertiary/aromatic N) is 1. The normalized spacial score (nSPS) is 33.6. The molecule has 2 aromatic rings. The van der Waals surface area contributed by atoms with Crippen LogP contribution in [0.15, 0.2) is 59.6 Å². The zero-order valence-electron chi connectivity index (χ0n) is 14.3. The quantitative estimate of drug-likeness (QED) is 0.590. The molecule has 4 bridgehead atoms. The molecule has 5 heteroatoms. The Morgan fingerprint density at radius 3 is 1.92 bits per heavy atom. The van der Waals surface area contributed by atoms with Crippen LogP contribution in [-0.2, 0) is 0 Å². The van der Waals surface area contributed by atoms with Crippen LogP contribution in [0.5, 0.6) is 0 Å². The molecule has 3 N–H and O–H groups in total. The lowest BCUT2D eigenvalue weighted by Gasteiger charge is -2.52. The second-order valence-corrected chi connectivity index (χ2v) is 8.33. The Morgan fingerprint density at radius 1 is 0.800 bits per heavy atom. The van der Waals surface area contributed by atoms with E-state index in [-0.39, 0.29) is 5.41 Å². The van der Waals surface area contributed by atoms with Gasteiger partial charge in [-0.2, -0.15) is 0 Å². The van der Waals surface area contributed by atoms with Crippen molar-refractivity contribution in [3.05, 3.63) is 65.2 Å². The zero-order chi connectivity index (χ0) is 16.9. The summed E-state index contributed by atoms with van der Waals surface area (Å²) in [4.78, 5) is 10.4. The van der Waals surface area contributed by atoms with Crippen molar-refractivity contribution in [1.29, 1.82) is 0 Å². The molecule has 2 aromatic carbocycles. The van der Waals surface area contributed by atoms with Gasteiger partial charge in [0.2, 0.25) is 20.0 Å². The van der Waals surface area contributed by atoms with Crippen LogP contribution in [0.4, 0.5) is 5.69 Å². The summed E-state index contributed by atoms with van der Waals surface area (Å²) in [6.07, 6.45) is 0. The predicted molar refractivity (Wildman–Crippen MR) is 98.6 cm³/mol. The lowest BCUT2D eigenvalue weighted by molar-refractivity contribution is -1.30. The number of aliphatic imine (C=N–C) groups is 1. The Labute approximate surface area is 153 Å². The summed E-state index contributed by atoms with van der Waals surface area (Å²) >= 11 is 6.06. The van der Waals surface area contributed by atoms with Crippen LogP contribution in [0.1, 0.15) is 5.56 Å². The molecule has 0 amide bonds. The SMILES string of the molecule is Clc1ccc(N=C(c2ccccc2)C23C[NH+]4C[NH+](C[NH+](C4)C2)C3)cc1. The summed E-state index contributed by atoms with van der Waals surface area (Å²) in [5.74, 6) is 0. The van der Waals surface area contributed by atoms with Gasteiger partial charge in [-0.1, -0.05) is 41.9 Å². The van der Waals surface area contributed by atoms with Crippen LogP contribution < -0.4 is 14.7 Å². The van der Waals surface area contributed by atoms with Gasteiger partial charge in [0.1, 0.15) is 19.6 Å². The maximum atomic E-state index is 6.06. The Balaban J connectivity index is 1.62. The number of hydrogen-bond acceptors (Lipinski definition) is 1. The first-order valence-electron chi connectivity index (χ1n) is 9.11. The topological polar surface area (TPSA) is 25.7 Å². The van der Waals surface area contributed by atoms with Crippen molar-refractivity contribution in [2.24, 2.45) is 10.4 Å². The van der Waals surface area contributed by atoms with Gasteiger partial charge in [-0.15, -0.1) is 0 Å². The molecule has 0 atom stereocenters. The fraction of sp³-hybridized carbons (Fsp3) is 0.350. The van der Waals surface area contributed by atoms with E-state index < -0.39 is 0 Å². The van der Waals surface area contributed by atoms with Crippen molar-refractivity contribution in [2.45, 2.75) is 0 Å². The van der Waals surface area contributed by atoms with Crippen molar-refractivity contribution in [3.63, 3.8) is 0 Å². The van der Waals surface area contributed by atoms with E-state index in [2.05, 4.69) is 30.3 Å². The lowest BCUT2D eigenvalue weighted by atomic mass is 9.74. The Bertz CT molecular complexity index is 765. The molecule has 4 saturated heterocycles. The molecular weight excluding hydrogens is 332 g/mol. The Kier molecular flexibility index (Phi) is 3.68. The molecular formula is C20H24ClN4+3. The van der Waals surface area contributed by atoms with Crippen LogP contribution in [0.25, 0.3) is 0 Å². The fourth-order valence-corrected chi connectivity index (χ4v) is 5.35. The maximum absolute atomic E-state index is 6.06. The third-order valence-corrected chi connectivity index (χ3v) is 6.13. The number of nitrogens with one attached hydrogen (secondary N) is 3. The summed E-state index contributed by atoms with van der Waals surface area (Å²) in [6, 6.07) is 18.7. The highest BCUT2D eigenvalue weighted by Crippen LogP contribution is 2.27. The van der Waals surface area contributed by atoms with Crippen molar-refractivity contribution >= 4 is 23.0 Å². The molecule has 0 radical (unpaired) electrons. The predicted octanol–water partition coefficient (Wildman–Crippen LogP) is -0.985. The standard InChI is InChI=1S/C20H21ClN4/c21-17-6-8-18(9-7-17)22-19(16-4-2-1-3-5-16)20-10-23-13-24(11-20)15-25(12-20)14-23/h1-9H,10-15H2/p+3. The second-order valence-electron chi connectivity index (χ2n) is 7.89. The van der Waals surface area contributed by atoms with Gasteiger partial charge in [-0.25, -0.2) is 14.7 Å². The van der Waals surface area contributed by atoms with E-state index in [0.717, 1.165) is 10.7 Å². The molecule has 4 fully saturated rings. The van der Waals surface area contributed by atoms with Crippen LogP contribution >= 0.6 is 11.6 Å². The first-order chi connectivity index (χ1) is 12.2. The molecule has 0 spiro atoms. The Morgan fingerprint density at radius 2 is 1.36 bits per heavy atom. The highest BCUT2D eigenvalue weighted by molar-refractivity contribution is 6.30. The molecule has 128 valence electrons. The van der Waals surface area contributed by atoms with Gasteiger partial charge in [0, 0.05) is 5.02 Å². The number of halogens is 1. The zero-order valence-corrected chi connectivity index (χ0v) is 15.0. The summed E-state index contributed by atoms with van der Waals surface area (Å²) in [5.41, 5.74) is 3.71. The van der Waals surface area contributed by atoms with Gasteiger partial charge in [0.15, 0.2) is 5.41 Å². The van der Waals surface area contributed by atoms with Crippen LogP contribution in [0.2, 0.25) is 5.02 Å². The van der Waals surface area contributed by atoms with Crippen molar-refractivity contribution in [2.75, 3.05) is 39.6 Å². The molecule has 4 heterocycles. The number of quaternary nitrogens is 3. The van der Waals surface area contributed by atoms with E-state index in [9.17, 15) is 0 Å². The van der Waals surface area contributed by atoms with Gasteiger partial charge < -0.3 is 0 Å². The van der Waals surface area contributed by atoms with Crippen LogP contribution in [0.3, 0.4) is 0 Å². The largest absolute Gasteiger partial charge is 0.252 e. The average Bonchev–Trinajstić information content (AvgIpc) is 2.61. The molecule has 6 rings (SSSR count). The van der Waals surface area contributed by atoms with Crippen LogP contribution in [-0.4, -0.2) is 45.4 Å². The smallest absolute Gasteiger partial charge is 0.213 e. The van der Waals surface area contributed by atoms with E-state index in [1.807, 2.05) is 24.3 Å². The third kappa shape index (κ3) is 2.79. The maximum Gasteiger partial charge on any atom is 0.213 e. The van der Waals surface area contributed by atoms with E-state index in [1.54, 1.807) is 14.7 Å². The minimum absolute atomic E-state index is 0.176. The minimum Gasteiger partial charge on any atom is -0.252 e. The molecule has 0 unspecified atom stereocenters. The van der Waals surface area contributed by atoms with Gasteiger partial charge in [0.25, 0.3) is 0 Å².